The molecule has 2 N–H and O–H groups in total. The summed E-state index contributed by atoms with van der Waals surface area (Å²) in [6.07, 6.45) is 1.51. The van der Waals surface area contributed by atoms with Gasteiger partial charge in [-0.15, -0.1) is 0 Å². The zero-order chi connectivity index (χ0) is 14.7. The fraction of sp³-hybridized carbons (Fsp3) is 0.385. The van der Waals surface area contributed by atoms with Crippen LogP contribution >= 0.6 is 0 Å². The van der Waals surface area contributed by atoms with E-state index in [2.05, 4.69) is 10.1 Å². The molecule has 0 fully saturated rings. The van der Waals surface area contributed by atoms with Gasteiger partial charge < -0.3 is 5.73 Å². The highest BCUT2D eigenvalue weighted by Gasteiger charge is 2.16. The Balaban J connectivity index is 2.37. The van der Waals surface area contributed by atoms with Crippen LogP contribution in [0.2, 0.25) is 0 Å². The minimum atomic E-state index is -0.474. The summed E-state index contributed by atoms with van der Waals surface area (Å²) in [7, 11) is 0. The Bertz CT molecular complexity index is 636. The van der Waals surface area contributed by atoms with Crippen molar-refractivity contribution in [1.29, 1.82) is 0 Å². The van der Waals surface area contributed by atoms with Crippen molar-refractivity contribution in [3.8, 4) is 0 Å². The first-order chi connectivity index (χ1) is 9.56. The molecule has 7 heteroatoms. The third kappa shape index (κ3) is 2.61. The summed E-state index contributed by atoms with van der Waals surface area (Å²) < 4.78 is 1.76. The molecule has 1 heterocycles. The van der Waals surface area contributed by atoms with Gasteiger partial charge in [0.15, 0.2) is 5.82 Å². The largest absolute Gasteiger partial charge is 0.393 e. The van der Waals surface area contributed by atoms with Crippen LogP contribution < -0.4 is 5.73 Å². The van der Waals surface area contributed by atoms with Crippen LogP contribution in [0.3, 0.4) is 0 Å². The zero-order valence-corrected chi connectivity index (χ0v) is 11.5. The molecule has 0 aliphatic carbocycles. The Morgan fingerprint density at radius 1 is 1.35 bits per heavy atom. The van der Waals surface area contributed by atoms with Crippen molar-refractivity contribution < 1.29 is 4.92 Å². The fourth-order valence-corrected chi connectivity index (χ4v) is 2.02. The Morgan fingerprint density at radius 2 is 2.10 bits per heavy atom. The van der Waals surface area contributed by atoms with Crippen molar-refractivity contribution in [1.82, 2.24) is 14.8 Å². The fourth-order valence-electron chi connectivity index (χ4n) is 2.02. The molecule has 0 radical (unpaired) electrons. The highest BCUT2D eigenvalue weighted by molar-refractivity contribution is 5.63. The maximum absolute atomic E-state index is 10.9. The second-order valence-electron chi connectivity index (χ2n) is 4.42. The molecule has 7 nitrogen and oxygen atoms in total. The number of para-hydroxylation sites is 1. The van der Waals surface area contributed by atoms with Crippen molar-refractivity contribution >= 4 is 11.4 Å². The van der Waals surface area contributed by atoms with Crippen LogP contribution in [-0.4, -0.2) is 19.7 Å². The van der Waals surface area contributed by atoms with E-state index >= 15 is 0 Å². The average molecular weight is 275 g/mol. The molecule has 0 spiro atoms. The number of nitro groups is 1. The number of hydrogen-bond acceptors (Lipinski definition) is 5. The number of aromatic nitrogens is 3. The van der Waals surface area contributed by atoms with Gasteiger partial charge in [0.1, 0.15) is 11.5 Å². The van der Waals surface area contributed by atoms with E-state index in [1.165, 1.54) is 6.07 Å². The molecular formula is C13H17N5O2. The summed E-state index contributed by atoms with van der Waals surface area (Å²) >= 11 is 0. The van der Waals surface area contributed by atoms with Crippen molar-refractivity contribution in [2.75, 3.05) is 5.73 Å². The van der Waals surface area contributed by atoms with E-state index in [0.717, 1.165) is 24.5 Å². The number of aryl methyl sites for hydroxylation is 2. The van der Waals surface area contributed by atoms with Gasteiger partial charge in [0.05, 0.1) is 11.5 Å². The van der Waals surface area contributed by atoms with Gasteiger partial charge in [-0.1, -0.05) is 26.0 Å². The number of rotatable bonds is 5. The lowest BCUT2D eigenvalue weighted by Gasteiger charge is -2.07. The molecule has 2 rings (SSSR count). The number of nitro benzene ring substituents is 1. The van der Waals surface area contributed by atoms with E-state index in [9.17, 15) is 10.1 Å². The van der Waals surface area contributed by atoms with E-state index < -0.39 is 4.92 Å². The van der Waals surface area contributed by atoms with Crippen molar-refractivity contribution in [3.05, 3.63) is 45.5 Å². The van der Waals surface area contributed by atoms with Crippen LogP contribution in [0.25, 0.3) is 0 Å². The summed E-state index contributed by atoms with van der Waals surface area (Å²) in [4.78, 5) is 14.8. The van der Waals surface area contributed by atoms with Gasteiger partial charge in [-0.3, -0.25) is 10.1 Å². The van der Waals surface area contributed by atoms with Gasteiger partial charge >= 0.3 is 0 Å². The molecule has 1 aromatic heterocycles. The third-order valence-corrected chi connectivity index (χ3v) is 3.11. The summed E-state index contributed by atoms with van der Waals surface area (Å²) in [5, 5.41) is 15.3. The predicted molar refractivity (Wildman–Crippen MR) is 75.4 cm³/mol. The van der Waals surface area contributed by atoms with Crippen molar-refractivity contribution in [2.24, 2.45) is 0 Å². The molecule has 0 aliphatic heterocycles. The lowest BCUT2D eigenvalue weighted by atomic mass is 10.1. The number of nitrogens with two attached hydrogens (primary N) is 1. The number of nitrogen functional groups attached to an aromatic ring is 1. The Hall–Kier alpha value is -2.44. The van der Waals surface area contributed by atoms with Gasteiger partial charge in [-0.2, -0.15) is 5.10 Å². The third-order valence-electron chi connectivity index (χ3n) is 3.11. The molecule has 0 unspecified atom stereocenters. The Labute approximate surface area is 116 Å². The molecule has 20 heavy (non-hydrogen) atoms. The molecule has 0 saturated heterocycles. The summed E-state index contributed by atoms with van der Waals surface area (Å²) in [6.45, 7) is 4.38. The average Bonchev–Trinajstić information content (AvgIpc) is 2.83. The van der Waals surface area contributed by atoms with Gasteiger partial charge in [0.2, 0.25) is 0 Å². The van der Waals surface area contributed by atoms with Crippen LogP contribution in [0, 0.1) is 10.1 Å². The van der Waals surface area contributed by atoms with Gasteiger partial charge in [0, 0.05) is 24.5 Å². The highest BCUT2D eigenvalue weighted by atomic mass is 16.6. The minimum Gasteiger partial charge on any atom is -0.393 e. The van der Waals surface area contributed by atoms with Crippen LogP contribution in [0.1, 0.15) is 31.1 Å². The number of anilines is 1. The second-order valence-corrected chi connectivity index (χ2v) is 4.42. The van der Waals surface area contributed by atoms with E-state index in [0.29, 0.717) is 12.1 Å². The Morgan fingerprint density at radius 3 is 2.70 bits per heavy atom. The molecule has 0 amide bonds. The van der Waals surface area contributed by atoms with Gasteiger partial charge in [-0.25, -0.2) is 9.67 Å². The van der Waals surface area contributed by atoms with Gasteiger partial charge in [-0.05, 0) is 0 Å². The van der Waals surface area contributed by atoms with E-state index in [-0.39, 0.29) is 11.4 Å². The zero-order valence-electron chi connectivity index (χ0n) is 11.5. The lowest BCUT2D eigenvalue weighted by molar-refractivity contribution is -0.383. The maximum Gasteiger partial charge on any atom is 0.292 e. The first kappa shape index (κ1) is 14.0. The SMILES string of the molecule is CCc1nc(CC)n(Cc2cccc([N+](=O)[O-])c2N)n1. The normalized spacial score (nSPS) is 10.7. The quantitative estimate of drug-likeness (QED) is 0.510. The number of benzene rings is 1. The van der Waals surface area contributed by atoms with Crippen LogP contribution in [0.15, 0.2) is 18.2 Å². The molecule has 0 saturated carbocycles. The maximum atomic E-state index is 10.9. The molecule has 0 bridgehead atoms. The van der Waals surface area contributed by atoms with Crippen molar-refractivity contribution in [3.63, 3.8) is 0 Å². The van der Waals surface area contributed by atoms with Crippen LogP contribution in [0.5, 0.6) is 0 Å². The second kappa shape index (κ2) is 5.68. The first-order valence-electron chi connectivity index (χ1n) is 6.51. The van der Waals surface area contributed by atoms with E-state index in [1.807, 2.05) is 13.8 Å². The van der Waals surface area contributed by atoms with Crippen molar-refractivity contribution in [2.45, 2.75) is 33.2 Å². The lowest BCUT2D eigenvalue weighted by Crippen LogP contribution is -2.09. The predicted octanol–water partition coefficient (Wildman–Crippen LogP) is 1.94. The number of hydrogen-bond donors (Lipinski definition) is 1. The summed E-state index contributed by atoms with van der Waals surface area (Å²) in [6, 6.07) is 4.81. The minimum absolute atomic E-state index is 0.0728. The summed E-state index contributed by atoms with van der Waals surface area (Å²) in [5.74, 6) is 1.62. The number of nitrogens with zero attached hydrogens (tertiary/aromatic N) is 4. The highest BCUT2D eigenvalue weighted by Crippen LogP contribution is 2.25. The standard InChI is InChI=1S/C13H17N5O2/c1-3-11-15-12(4-2)17(16-11)8-9-6-5-7-10(13(9)14)18(19)20/h5-7H,3-4,8,14H2,1-2H3. The molecular weight excluding hydrogens is 258 g/mol. The summed E-state index contributed by atoms with van der Waals surface area (Å²) in [5.41, 5.74) is 6.66. The molecule has 0 aliphatic rings. The van der Waals surface area contributed by atoms with E-state index in [1.54, 1.807) is 16.8 Å². The Kier molecular flexibility index (Phi) is 3.97. The van der Waals surface area contributed by atoms with Crippen LogP contribution in [-0.2, 0) is 19.4 Å². The molecule has 0 atom stereocenters. The topological polar surface area (TPSA) is 99.9 Å². The van der Waals surface area contributed by atoms with Gasteiger partial charge in [0.25, 0.3) is 5.69 Å². The molecule has 2 aromatic rings. The smallest absolute Gasteiger partial charge is 0.292 e. The molecule has 106 valence electrons. The first-order valence-corrected chi connectivity index (χ1v) is 6.51. The van der Waals surface area contributed by atoms with E-state index in [4.69, 9.17) is 5.73 Å². The monoisotopic (exact) mass is 275 g/mol. The van der Waals surface area contributed by atoms with Crippen LogP contribution in [0.4, 0.5) is 11.4 Å². The molecule has 1 aromatic carbocycles.